The standard InChI is InChI=1S/C10H13NO.CH5P/c1-8(11-9(2)12)10-6-4-3-5-7-10;1-2/h3-8H,1-2H3,(H,11,12);2H2,1H3. The summed E-state index contributed by atoms with van der Waals surface area (Å²) in [7, 11) is 2.42. The van der Waals surface area contributed by atoms with Gasteiger partial charge in [0.2, 0.25) is 5.91 Å². The van der Waals surface area contributed by atoms with Crippen LogP contribution >= 0.6 is 9.24 Å². The number of carbonyl (C=O) groups is 1. The van der Waals surface area contributed by atoms with Crippen LogP contribution < -0.4 is 5.32 Å². The van der Waals surface area contributed by atoms with Crippen molar-refractivity contribution in [1.82, 2.24) is 5.32 Å². The Morgan fingerprint density at radius 1 is 1.29 bits per heavy atom. The molecule has 1 amide bonds. The van der Waals surface area contributed by atoms with E-state index in [4.69, 9.17) is 0 Å². The highest BCUT2D eigenvalue weighted by Gasteiger charge is 2.03. The van der Waals surface area contributed by atoms with Gasteiger partial charge in [-0.2, -0.15) is 0 Å². The topological polar surface area (TPSA) is 29.1 Å². The predicted octanol–water partition coefficient (Wildman–Crippen LogP) is 2.38. The molecule has 2 unspecified atom stereocenters. The number of rotatable bonds is 2. The van der Waals surface area contributed by atoms with Crippen LogP contribution in [0.4, 0.5) is 0 Å². The molecule has 2 nitrogen and oxygen atoms in total. The van der Waals surface area contributed by atoms with Crippen molar-refractivity contribution < 1.29 is 4.79 Å². The second kappa shape index (κ2) is 7.52. The first-order chi connectivity index (χ1) is 6.70. The molecule has 0 fully saturated rings. The van der Waals surface area contributed by atoms with E-state index in [1.165, 1.54) is 6.92 Å². The molecule has 3 heteroatoms. The number of amides is 1. The molecule has 1 aromatic rings. The Labute approximate surface area is 88.3 Å². The van der Waals surface area contributed by atoms with Gasteiger partial charge in [0.25, 0.3) is 0 Å². The molecule has 0 bridgehead atoms. The lowest BCUT2D eigenvalue weighted by molar-refractivity contribution is -0.119. The molecule has 78 valence electrons. The van der Waals surface area contributed by atoms with Crippen molar-refractivity contribution in [1.29, 1.82) is 0 Å². The molecule has 1 aromatic carbocycles. The molecular formula is C11H18NOP. The van der Waals surface area contributed by atoms with Crippen molar-refractivity contribution in [2.24, 2.45) is 0 Å². The lowest BCUT2D eigenvalue weighted by Gasteiger charge is -2.11. The normalized spacial score (nSPS) is 10.9. The number of carbonyl (C=O) groups excluding carboxylic acids is 1. The third kappa shape index (κ3) is 4.98. The number of benzene rings is 1. The van der Waals surface area contributed by atoms with Gasteiger partial charge >= 0.3 is 0 Å². The van der Waals surface area contributed by atoms with Gasteiger partial charge in [0.1, 0.15) is 0 Å². The van der Waals surface area contributed by atoms with Crippen LogP contribution in [-0.2, 0) is 4.79 Å². The Kier molecular flexibility index (Phi) is 7.04. The summed E-state index contributed by atoms with van der Waals surface area (Å²) in [6.45, 7) is 5.41. The van der Waals surface area contributed by atoms with Gasteiger partial charge in [0.05, 0.1) is 6.04 Å². The second-order valence-electron chi connectivity index (χ2n) is 2.83. The Morgan fingerprint density at radius 3 is 2.21 bits per heavy atom. The third-order valence-electron chi connectivity index (χ3n) is 1.72. The molecule has 0 aliphatic carbocycles. The fourth-order valence-corrected chi connectivity index (χ4v) is 1.13. The molecule has 1 N–H and O–H groups in total. The molecule has 14 heavy (non-hydrogen) atoms. The summed E-state index contributed by atoms with van der Waals surface area (Å²) in [6.07, 6.45) is 0. The molecule has 0 aromatic heterocycles. The molecule has 2 atom stereocenters. The van der Waals surface area contributed by atoms with Crippen LogP contribution in [0.1, 0.15) is 25.5 Å². The molecular weight excluding hydrogens is 193 g/mol. The summed E-state index contributed by atoms with van der Waals surface area (Å²) in [5.74, 6) is 0.00588. The molecule has 0 heterocycles. The van der Waals surface area contributed by atoms with Crippen LogP contribution in [-0.4, -0.2) is 12.6 Å². The van der Waals surface area contributed by atoms with Gasteiger partial charge in [-0.25, -0.2) is 0 Å². The van der Waals surface area contributed by atoms with E-state index >= 15 is 0 Å². The van der Waals surface area contributed by atoms with Crippen molar-refractivity contribution in [2.45, 2.75) is 19.9 Å². The molecule has 1 rings (SSSR count). The summed E-state index contributed by atoms with van der Waals surface area (Å²) in [6, 6.07) is 10.00. The van der Waals surface area contributed by atoms with Crippen LogP contribution in [0.5, 0.6) is 0 Å². The van der Waals surface area contributed by atoms with Crippen molar-refractivity contribution in [2.75, 3.05) is 6.66 Å². The maximum Gasteiger partial charge on any atom is 0.217 e. The van der Waals surface area contributed by atoms with E-state index in [0.717, 1.165) is 5.56 Å². The number of nitrogens with one attached hydrogen (secondary N) is 1. The highest BCUT2D eigenvalue weighted by atomic mass is 31.0. The average molecular weight is 211 g/mol. The Bertz CT molecular complexity index is 261. The Morgan fingerprint density at radius 2 is 1.79 bits per heavy atom. The van der Waals surface area contributed by atoms with Crippen LogP contribution in [0.2, 0.25) is 0 Å². The van der Waals surface area contributed by atoms with Crippen LogP contribution in [0.25, 0.3) is 0 Å². The Balaban J connectivity index is 0.000000791. The first-order valence-corrected chi connectivity index (χ1v) is 5.75. The minimum atomic E-state index is 0.00588. The molecule has 0 spiro atoms. The number of hydrogen-bond acceptors (Lipinski definition) is 1. The van der Waals surface area contributed by atoms with E-state index in [0.29, 0.717) is 0 Å². The molecule has 0 saturated carbocycles. The van der Waals surface area contributed by atoms with Gasteiger partial charge in [-0.15, -0.1) is 9.24 Å². The van der Waals surface area contributed by atoms with E-state index in [1.807, 2.05) is 43.9 Å². The van der Waals surface area contributed by atoms with Gasteiger partial charge in [-0.1, -0.05) is 37.0 Å². The van der Waals surface area contributed by atoms with Gasteiger partial charge in [0, 0.05) is 6.92 Å². The first kappa shape index (κ1) is 13.1. The summed E-state index contributed by atoms with van der Waals surface area (Å²) >= 11 is 0. The first-order valence-electron chi connectivity index (χ1n) is 4.60. The smallest absolute Gasteiger partial charge is 0.217 e. The third-order valence-corrected chi connectivity index (χ3v) is 1.72. The molecule has 0 saturated heterocycles. The van der Waals surface area contributed by atoms with Crippen molar-refractivity contribution in [3.05, 3.63) is 35.9 Å². The lowest BCUT2D eigenvalue weighted by atomic mass is 10.1. The molecule has 0 radical (unpaired) electrons. The average Bonchev–Trinajstić information content (AvgIpc) is 2.21. The molecule has 0 aliphatic rings. The zero-order chi connectivity index (χ0) is 11.0. The van der Waals surface area contributed by atoms with Crippen LogP contribution in [0.15, 0.2) is 30.3 Å². The summed E-state index contributed by atoms with van der Waals surface area (Å²) < 4.78 is 0. The Hall–Kier alpha value is -0.880. The van der Waals surface area contributed by atoms with Gasteiger partial charge < -0.3 is 5.32 Å². The van der Waals surface area contributed by atoms with E-state index < -0.39 is 0 Å². The summed E-state index contributed by atoms with van der Waals surface area (Å²) in [5, 5.41) is 2.82. The molecule has 0 aliphatic heterocycles. The van der Waals surface area contributed by atoms with Crippen molar-refractivity contribution in [3.63, 3.8) is 0 Å². The van der Waals surface area contributed by atoms with E-state index in [-0.39, 0.29) is 11.9 Å². The second-order valence-corrected chi connectivity index (χ2v) is 2.83. The largest absolute Gasteiger partial charge is 0.350 e. The quantitative estimate of drug-likeness (QED) is 0.747. The highest BCUT2D eigenvalue weighted by Crippen LogP contribution is 2.10. The van der Waals surface area contributed by atoms with E-state index in [9.17, 15) is 4.79 Å². The maximum atomic E-state index is 10.7. The van der Waals surface area contributed by atoms with Crippen molar-refractivity contribution in [3.8, 4) is 0 Å². The predicted molar refractivity (Wildman–Crippen MR) is 64.3 cm³/mol. The van der Waals surface area contributed by atoms with Crippen LogP contribution in [0.3, 0.4) is 0 Å². The monoisotopic (exact) mass is 211 g/mol. The fourth-order valence-electron chi connectivity index (χ4n) is 1.13. The van der Waals surface area contributed by atoms with Crippen molar-refractivity contribution >= 4 is 15.1 Å². The van der Waals surface area contributed by atoms with E-state index in [2.05, 4.69) is 14.6 Å². The van der Waals surface area contributed by atoms with E-state index in [1.54, 1.807) is 0 Å². The van der Waals surface area contributed by atoms with Crippen LogP contribution in [0, 0.1) is 0 Å². The fraction of sp³-hybridized carbons (Fsp3) is 0.364. The van der Waals surface area contributed by atoms with Gasteiger partial charge in [0.15, 0.2) is 0 Å². The summed E-state index contributed by atoms with van der Waals surface area (Å²) in [5.41, 5.74) is 1.13. The SMILES string of the molecule is CC(=O)NC(C)c1ccccc1.CP. The van der Waals surface area contributed by atoms with Gasteiger partial charge in [-0.05, 0) is 12.5 Å². The number of hydrogen-bond donors (Lipinski definition) is 1. The minimum Gasteiger partial charge on any atom is -0.350 e. The lowest BCUT2D eigenvalue weighted by Crippen LogP contribution is -2.23. The minimum absolute atomic E-state index is 0.00588. The summed E-state index contributed by atoms with van der Waals surface area (Å²) in [4.78, 5) is 10.7. The maximum absolute atomic E-state index is 10.7. The highest BCUT2D eigenvalue weighted by molar-refractivity contribution is 7.15. The zero-order valence-electron chi connectivity index (χ0n) is 8.95. The van der Waals surface area contributed by atoms with Gasteiger partial charge in [-0.3, -0.25) is 4.79 Å². The zero-order valence-corrected chi connectivity index (χ0v) is 10.1.